The van der Waals surface area contributed by atoms with E-state index in [2.05, 4.69) is 21.7 Å². The van der Waals surface area contributed by atoms with E-state index in [0.29, 0.717) is 12.4 Å². The molecule has 0 aromatic heterocycles. The Balaban J connectivity index is 2.10. The molecule has 0 N–H and O–H groups in total. The number of amides is 2. The van der Waals surface area contributed by atoms with Crippen molar-refractivity contribution in [3.63, 3.8) is 0 Å². The monoisotopic (exact) mass is 359 g/mol. The van der Waals surface area contributed by atoms with Crippen molar-refractivity contribution < 1.29 is 14.4 Å². The van der Waals surface area contributed by atoms with Crippen molar-refractivity contribution in [2.75, 3.05) is 20.3 Å². The first-order valence-electron chi connectivity index (χ1n) is 8.72. The van der Waals surface area contributed by atoms with Gasteiger partial charge in [0.25, 0.3) is 0 Å². The molecule has 2 amide bonds. The molecule has 0 bridgehead atoms. The number of hydroxylamine groups is 2. The van der Waals surface area contributed by atoms with Crippen LogP contribution in [0.2, 0.25) is 0 Å². The van der Waals surface area contributed by atoms with E-state index < -0.39 is 6.04 Å². The van der Waals surface area contributed by atoms with Crippen molar-refractivity contribution in [2.45, 2.75) is 40.2 Å². The van der Waals surface area contributed by atoms with Crippen LogP contribution in [-0.2, 0) is 14.4 Å². The van der Waals surface area contributed by atoms with E-state index in [0.717, 1.165) is 30.1 Å². The summed E-state index contributed by atoms with van der Waals surface area (Å²) in [5.74, 6) is 0.313. The molecule has 0 aromatic carbocycles. The molecular weight excluding hydrogens is 334 g/mol. The summed E-state index contributed by atoms with van der Waals surface area (Å²) < 4.78 is 0. The maximum atomic E-state index is 12.2. The van der Waals surface area contributed by atoms with E-state index in [4.69, 9.17) is 4.84 Å². The zero-order valence-corrected chi connectivity index (χ0v) is 15.9. The van der Waals surface area contributed by atoms with Gasteiger partial charge in [-0.25, -0.2) is 5.06 Å². The van der Waals surface area contributed by atoms with Crippen LogP contribution in [0.15, 0.2) is 40.2 Å². The molecule has 0 radical (unpaired) electrons. The zero-order valence-electron chi connectivity index (χ0n) is 15.9. The van der Waals surface area contributed by atoms with Gasteiger partial charge in [-0.05, 0) is 18.9 Å². The lowest BCUT2D eigenvalue weighted by atomic mass is 9.99. The van der Waals surface area contributed by atoms with Gasteiger partial charge in [0.15, 0.2) is 0 Å². The fourth-order valence-electron chi connectivity index (χ4n) is 3.62. The maximum absolute atomic E-state index is 12.2. The molecule has 0 aromatic rings. The molecule has 3 rings (SSSR count). The Bertz CT molecular complexity index is 738. The van der Waals surface area contributed by atoms with Gasteiger partial charge < -0.3 is 9.80 Å². The first kappa shape index (κ1) is 18.2. The number of aliphatic imine (C=N–C) groups is 1. The lowest BCUT2D eigenvalue weighted by Crippen LogP contribution is -2.49. The summed E-state index contributed by atoms with van der Waals surface area (Å²) in [5.41, 5.74) is 2.53. The number of nitrogens with zero attached hydrogens (tertiary/aromatic N) is 5. The van der Waals surface area contributed by atoms with E-state index in [1.807, 2.05) is 19.3 Å². The summed E-state index contributed by atoms with van der Waals surface area (Å²) >= 11 is 0. The Morgan fingerprint density at radius 3 is 2.58 bits per heavy atom. The van der Waals surface area contributed by atoms with E-state index in [1.54, 1.807) is 18.4 Å². The largest absolute Gasteiger partial charge is 0.333 e. The Hall–Kier alpha value is -2.61. The molecule has 3 heterocycles. The minimum atomic E-state index is -0.498. The summed E-state index contributed by atoms with van der Waals surface area (Å²) in [6.07, 6.45) is 6.61. The second-order valence-electron chi connectivity index (χ2n) is 6.57. The standard InChI is InChI=1S/C18H25N5O3/c1-6-7-20-9-12(2)17(23(13(3)24)14(4)25)16-18(20)22-11-21(26-5)10-15(22)8-19-16/h8-10,17H,6-7,11H2,1-5H3. The van der Waals surface area contributed by atoms with Gasteiger partial charge in [-0.15, -0.1) is 0 Å². The number of rotatable bonds is 4. The lowest BCUT2D eigenvalue weighted by molar-refractivity contribution is -0.143. The number of carbonyl (C=O) groups excluding carboxylic acids is 2. The molecule has 0 spiro atoms. The predicted molar refractivity (Wildman–Crippen MR) is 96.9 cm³/mol. The smallest absolute Gasteiger partial charge is 0.226 e. The molecule has 3 aliphatic rings. The topological polar surface area (TPSA) is 68.7 Å². The van der Waals surface area contributed by atoms with Crippen LogP contribution in [0.4, 0.5) is 0 Å². The summed E-state index contributed by atoms with van der Waals surface area (Å²) in [5, 5.41) is 1.72. The SMILES string of the molecule is CCCN1C=C(C)C(N(C(C)=O)C(C)=O)C2=C1N1CN(OC)C=C1C=N2. The summed E-state index contributed by atoms with van der Waals surface area (Å²) in [4.78, 5) is 39.8. The molecule has 1 unspecified atom stereocenters. The normalized spacial score (nSPS) is 21.4. The molecule has 8 heteroatoms. The molecular formula is C18H25N5O3. The van der Waals surface area contributed by atoms with Crippen LogP contribution < -0.4 is 0 Å². The van der Waals surface area contributed by atoms with Crippen molar-refractivity contribution in [3.05, 3.63) is 35.2 Å². The van der Waals surface area contributed by atoms with Crippen LogP contribution in [0.5, 0.6) is 0 Å². The van der Waals surface area contributed by atoms with Gasteiger partial charge >= 0.3 is 0 Å². The third-order valence-electron chi connectivity index (χ3n) is 4.65. The minimum Gasteiger partial charge on any atom is -0.333 e. The van der Waals surface area contributed by atoms with Crippen molar-refractivity contribution >= 4 is 18.0 Å². The minimum absolute atomic E-state index is 0.289. The van der Waals surface area contributed by atoms with Crippen LogP contribution in [0.3, 0.4) is 0 Å². The van der Waals surface area contributed by atoms with Gasteiger partial charge in [-0.3, -0.25) is 24.3 Å². The van der Waals surface area contributed by atoms with E-state index in [9.17, 15) is 9.59 Å². The molecule has 0 saturated carbocycles. The molecule has 140 valence electrons. The van der Waals surface area contributed by atoms with Gasteiger partial charge in [0.2, 0.25) is 11.8 Å². The number of allylic oxidation sites excluding steroid dienone is 1. The zero-order chi connectivity index (χ0) is 19.0. The van der Waals surface area contributed by atoms with Crippen LogP contribution in [-0.4, -0.2) is 64.2 Å². The highest BCUT2D eigenvalue weighted by Gasteiger charge is 2.41. The average Bonchev–Trinajstić information content (AvgIpc) is 3.00. The number of fused-ring (bicyclic) bond motifs is 2. The molecule has 0 aliphatic carbocycles. The fraction of sp³-hybridized carbons (Fsp3) is 0.500. The maximum Gasteiger partial charge on any atom is 0.226 e. The third kappa shape index (κ3) is 2.90. The van der Waals surface area contributed by atoms with Gasteiger partial charge in [-0.1, -0.05) is 6.92 Å². The van der Waals surface area contributed by atoms with E-state index in [-0.39, 0.29) is 11.8 Å². The summed E-state index contributed by atoms with van der Waals surface area (Å²) in [7, 11) is 1.62. The summed E-state index contributed by atoms with van der Waals surface area (Å²) in [6.45, 7) is 8.21. The molecule has 1 atom stereocenters. The number of hydrogen-bond donors (Lipinski definition) is 0. The van der Waals surface area contributed by atoms with Crippen molar-refractivity contribution in [1.29, 1.82) is 0 Å². The van der Waals surface area contributed by atoms with Crippen molar-refractivity contribution in [3.8, 4) is 0 Å². The van der Waals surface area contributed by atoms with E-state index >= 15 is 0 Å². The fourth-order valence-corrected chi connectivity index (χ4v) is 3.62. The average molecular weight is 359 g/mol. The second-order valence-corrected chi connectivity index (χ2v) is 6.57. The Morgan fingerprint density at radius 1 is 1.31 bits per heavy atom. The Kier molecular flexibility index (Phi) is 4.86. The Labute approximate surface area is 153 Å². The van der Waals surface area contributed by atoms with Crippen LogP contribution in [0.25, 0.3) is 0 Å². The quantitative estimate of drug-likeness (QED) is 0.760. The van der Waals surface area contributed by atoms with Crippen molar-refractivity contribution in [2.24, 2.45) is 4.99 Å². The Morgan fingerprint density at radius 2 is 2.00 bits per heavy atom. The molecule has 0 saturated heterocycles. The first-order valence-corrected chi connectivity index (χ1v) is 8.72. The summed E-state index contributed by atoms with van der Waals surface area (Å²) in [6, 6.07) is -0.498. The van der Waals surface area contributed by atoms with Gasteiger partial charge in [0.05, 0.1) is 25.2 Å². The van der Waals surface area contributed by atoms with Crippen molar-refractivity contribution in [1.82, 2.24) is 19.8 Å². The molecule has 3 aliphatic heterocycles. The highest BCUT2D eigenvalue weighted by Crippen LogP contribution is 2.37. The van der Waals surface area contributed by atoms with Crippen LogP contribution in [0.1, 0.15) is 34.1 Å². The highest BCUT2D eigenvalue weighted by atomic mass is 16.7. The number of hydrogen-bond acceptors (Lipinski definition) is 7. The van der Waals surface area contributed by atoms with Gasteiger partial charge in [0.1, 0.15) is 24.2 Å². The molecule has 0 fully saturated rings. The molecule has 8 nitrogen and oxygen atoms in total. The lowest BCUT2D eigenvalue weighted by Gasteiger charge is -2.42. The predicted octanol–water partition coefficient (Wildman–Crippen LogP) is 1.61. The number of carbonyl (C=O) groups is 2. The highest BCUT2D eigenvalue weighted by molar-refractivity contribution is 5.94. The van der Waals surface area contributed by atoms with Gasteiger partial charge in [0, 0.05) is 26.6 Å². The third-order valence-corrected chi connectivity index (χ3v) is 4.65. The van der Waals surface area contributed by atoms with Crippen LogP contribution >= 0.6 is 0 Å². The molecule has 26 heavy (non-hydrogen) atoms. The first-order chi connectivity index (χ1) is 12.4. The van der Waals surface area contributed by atoms with E-state index in [1.165, 1.54) is 18.7 Å². The second kappa shape index (κ2) is 6.95. The van der Waals surface area contributed by atoms with Crippen LogP contribution in [0, 0.1) is 0 Å². The van der Waals surface area contributed by atoms with Gasteiger partial charge in [-0.2, -0.15) is 0 Å². The number of imide groups is 1.